The second kappa shape index (κ2) is 7.85. The van der Waals surface area contributed by atoms with Gasteiger partial charge in [-0.15, -0.1) is 0 Å². The molecule has 26 heavy (non-hydrogen) atoms. The Hall–Kier alpha value is -3.11. The smallest absolute Gasteiger partial charge is 0.112 e. The summed E-state index contributed by atoms with van der Waals surface area (Å²) in [5.74, 6) is 11.7. The summed E-state index contributed by atoms with van der Waals surface area (Å²) in [4.78, 5) is 4.80. The first-order valence-electron chi connectivity index (χ1n) is 8.43. The predicted octanol–water partition coefficient (Wildman–Crippen LogP) is 3.37. The fraction of sp³-hybridized carbons (Fsp3) is 0.174. The van der Waals surface area contributed by atoms with E-state index >= 15 is 0 Å². The fourth-order valence-corrected chi connectivity index (χ4v) is 2.62. The van der Waals surface area contributed by atoms with Gasteiger partial charge in [0.25, 0.3) is 0 Å². The van der Waals surface area contributed by atoms with Gasteiger partial charge in [-0.3, -0.25) is 0 Å². The fourth-order valence-electron chi connectivity index (χ4n) is 2.62. The number of hydrogen-bond donors (Lipinski definition) is 2. The van der Waals surface area contributed by atoms with Crippen LogP contribution < -0.4 is 0 Å². The Kier molecular flexibility index (Phi) is 5.34. The van der Waals surface area contributed by atoms with Gasteiger partial charge in [0.15, 0.2) is 0 Å². The van der Waals surface area contributed by atoms with Crippen molar-refractivity contribution in [2.75, 3.05) is 0 Å². The van der Waals surface area contributed by atoms with Crippen LogP contribution in [0, 0.1) is 23.7 Å². The summed E-state index contributed by atoms with van der Waals surface area (Å²) in [7, 11) is 0. The molecule has 0 spiro atoms. The van der Waals surface area contributed by atoms with E-state index in [0.717, 1.165) is 16.5 Å². The van der Waals surface area contributed by atoms with Crippen LogP contribution in [0.4, 0.5) is 0 Å². The second-order valence-corrected chi connectivity index (χ2v) is 5.98. The van der Waals surface area contributed by atoms with E-state index in [4.69, 9.17) is 4.98 Å². The molecule has 2 N–H and O–H groups in total. The lowest BCUT2D eigenvalue weighted by molar-refractivity contribution is 0.253. The summed E-state index contributed by atoms with van der Waals surface area (Å²) in [6, 6.07) is 17.5. The first kappa shape index (κ1) is 17.7. The molecule has 2 aromatic carbocycles. The van der Waals surface area contributed by atoms with E-state index in [1.54, 1.807) is 13.8 Å². The van der Waals surface area contributed by atoms with Gasteiger partial charge in [-0.2, -0.15) is 0 Å². The van der Waals surface area contributed by atoms with Gasteiger partial charge in [0.2, 0.25) is 0 Å². The molecular weight excluding hydrogens is 322 g/mol. The minimum Gasteiger partial charge on any atom is -0.381 e. The Morgan fingerprint density at radius 3 is 2.00 bits per heavy atom. The third-order valence-corrected chi connectivity index (χ3v) is 3.75. The van der Waals surface area contributed by atoms with Crippen LogP contribution in [-0.4, -0.2) is 27.4 Å². The molecule has 0 saturated heterocycles. The van der Waals surface area contributed by atoms with Gasteiger partial charge in [0.05, 0.1) is 22.3 Å². The lowest BCUT2D eigenvalue weighted by atomic mass is 9.97. The Balaban J connectivity index is 2.41. The average molecular weight is 341 g/mol. The highest BCUT2D eigenvalue weighted by Crippen LogP contribution is 2.29. The highest BCUT2D eigenvalue weighted by atomic mass is 16.3. The van der Waals surface area contributed by atoms with Gasteiger partial charge in [-0.05, 0) is 19.9 Å². The topological polar surface area (TPSA) is 53.4 Å². The van der Waals surface area contributed by atoms with Crippen molar-refractivity contribution in [3.8, 4) is 34.9 Å². The minimum atomic E-state index is -0.761. The highest BCUT2D eigenvalue weighted by molar-refractivity contribution is 5.91. The number of hydrogen-bond acceptors (Lipinski definition) is 3. The van der Waals surface area contributed by atoms with E-state index in [9.17, 15) is 10.2 Å². The summed E-state index contributed by atoms with van der Waals surface area (Å²) >= 11 is 0. The van der Waals surface area contributed by atoms with E-state index in [0.29, 0.717) is 16.8 Å². The first-order chi connectivity index (χ1) is 12.6. The zero-order valence-corrected chi connectivity index (χ0v) is 14.7. The number of rotatable bonds is 1. The van der Waals surface area contributed by atoms with Crippen molar-refractivity contribution < 1.29 is 10.2 Å². The van der Waals surface area contributed by atoms with E-state index in [-0.39, 0.29) is 0 Å². The molecule has 2 unspecified atom stereocenters. The van der Waals surface area contributed by atoms with Crippen molar-refractivity contribution in [1.29, 1.82) is 0 Å². The van der Waals surface area contributed by atoms with Crippen molar-refractivity contribution in [3.05, 3.63) is 65.7 Å². The van der Waals surface area contributed by atoms with Crippen LogP contribution in [0.25, 0.3) is 22.2 Å². The zero-order chi connectivity index (χ0) is 18.5. The molecule has 3 rings (SSSR count). The third kappa shape index (κ3) is 3.92. The van der Waals surface area contributed by atoms with E-state index in [2.05, 4.69) is 23.7 Å². The summed E-state index contributed by atoms with van der Waals surface area (Å²) < 4.78 is 0. The van der Waals surface area contributed by atoms with Crippen LogP contribution >= 0.6 is 0 Å². The Bertz CT molecular complexity index is 1050. The number of aliphatic hydroxyl groups excluding tert-OH is 2. The molecule has 0 amide bonds. The van der Waals surface area contributed by atoms with Crippen molar-refractivity contribution in [2.45, 2.75) is 26.1 Å². The highest BCUT2D eigenvalue weighted by Gasteiger charge is 2.14. The summed E-state index contributed by atoms with van der Waals surface area (Å²) in [5.41, 5.74) is 3.82. The molecule has 0 aliphatic heterocycles. The number of nitrogens with zero attached hydrogens (tertiary/aromatic N) is 1. The van der Waals surface area contributed by atoms with Gasteiger partial charge < -0.3 is 10.2 Å². The molecule has 0 aliphatic rings. The molecule has 0 aliphatic carbocycles. The van der Waals surface area contributed by atoms with E-state index in [1.165, 1.54) is 0 Å². The zero-order valence-electron chi connectivity index (χ0n) is 14.7. The monoisotopic (exact) mass is 341 g/mol. The largest absolute Gasteiger partial charge is 0.381 e. The van der Waals surface area contributed by atoms with Crippen molar-refractivity contribution in [1.82, 2.24) is 4.98 Å². The lowest BCUT2D eigenvalue weighted by Crippen LogP contribution is -2.00. The number of aromatic nitrogens is 1. The van der Waals surface area contributed by atoms with Crippen LogP contribution in [0.5, 0.6) is 0 Å². The molecule has 128 valence electrons. The molecule has 0 radical (unpaired) electrons. The summed E-state index contributed by atoms with van der Waals surface area (Å²) in [5, 5.41) is 20.1. The van der Waals surface area contributed by atoms with Crippen LogP contribution in [0.15, 0.2) is 54.6 Å². The van der Waals surface area contributed by atoms with Gasteiger partial charge in [0, 0.05) is 10.9 Å². The summed E-state index contributed by atoms with van der Waals surface area (Å²) in [6.07, 6.45) is -1.51. The molecule has 0 saturated carbocycles. The molecule has 2 atom stereocenters. The van der Waals surface area contributed by atoms with Gasteiger partial charge in [-0.1, -0.05) is 72.2 Å². The molecular formula is C23H19NO2. The van der Waals surface area contributed by atoms with Crippen molar-refractivity contribution >= 4 is 10.9 Å². The Labute approximate surface area is 153 Å². The minimum absolute atomic E-state index is 0.656. The summed E-state index contributed by atoms with van der Waals surface area (Å²) in [6.45, 7) is 3.24. The quantitative estimate of drug-likeness (QED) is 0.667. The van der Waals surface area contributed by atoms with E-state index < -0.39 is 12.2 Å². The third-order valence-electron chi connectivity index (χ3n) is 3.75. The lowest BCUT2D eigenvalue weighted by Gasteiger charge is -2.11. The normalized spacial score (nSPS) is 12.5. The Morgan fingerprint density at radius 2 is 1.35 bits per heavy atom. The van der Waals surface area contributed by atoms with Crippen molar-refractivity contribution in [3.63, 3.8) is 0 Å². The molecule has 0 fully saturated rings. The van der Waals surface area contributed by atoms with Crippen molar-refractivity contribution in [2.24, 2.45) is 0 Å². The van der Waals surface area contributed by atoms with Crippen LogP contribution in [0.3, 0.4) is 0 Å². The van der Waals surface area contributed by atoms with E-state index in [1.807, 2.05) is 54.6 Å². The maximum absolute atomic E-state index is 9.63. The van der Waals surface area contributed by atoms with Gasteiger partial charge in [0.1, 0.15) is 12.2 Å². The Morgan fingerprint density at radius 1 is 0.769 bits per heavy atom. The van der Waals surface area contributed by atoms with Crippen LogP contribution in [-0.2, 0) is 0 Å². The number of benzene rings is 2. The predicted molar refractivity (Wildman–Crippen MR) is 104 cm³/mol. The van der Waals surface area contributed by atoms with Gasteiger partial charge >= 0.3 is 0 Å². The number of pyridine rings is 1. The molecule has 3 nitrogen and oxygen atoms in total. The molecule has 3 aromatic rings. The number of fused-ring (bicyclic) bond motifs is 1. The molecule has 1 aromatic heterocycles. The number of aliphatic hydroxyl groups is 2. The SMILES string of the molecule is CC(O)C#Cc1c(-c2ccccc2)nc2ccccc2c1C#CC(C)O. The van der Waals surface area contributed by atoms with Crippen LogP contribution in [0.1, 0.15) is 25.0 Å². The molecule has 1 heterocycles. The average Bonchev–Trinajstić information content (AvgIpc) is 2.64. The maximum Gasteiger partial charge on any atom is 0.112 e. The first-order valence-corrected chi connectivity index (χ1v) is 8.43. The van der Waals surface area contributed by atoms with Crippen LogP contribution in [0.2, 0.25) is 0 Å². The maximum atomic E-state index is 9.63. The second-order valence-electron chi connectivity index (χ2n) is 5.98. The molecule has 0 bridgehead atoms. The standard InChI is InChI=1S/C23H19NO2/c1-16(25)12-14-19-20-10-6-7-11-22(20)24-23(18-8-4-3-5-9-18)21(19)15-13-17(2)26/h3-11,16-17,25-26H,1-2H3. The van der Waals surface area contributed by atoms with Gasteiger partial charge in [-0.25, -0.2) is 4.98 Å². The molecule has 3 heteroatoms. The number of para-hydroxylation sites is 1.